The zero-order chi connectivity index (χ0) is 20.8. The van der Waals surface area contributed by atoms with Crippen molar-refractivity contribution >= 4 is 5.78 Å². The van der Waals surface area contributed by atoms with Crippen LogP contribution in [0.15, 0.2) is 39.5 Å². The fraction of sp³-hybridized carbons (Fsp3) is 0.500. The molecule has 0 saturated heterocycles. The van der Waals surface area contributed by atoms with Gasteiger partial charge in [0.05, 0.1) is 16.7 Å². The van der Waals surface area contributed by atoms with E-state index < -0.39 is 17.1 Å². The van der Waals surface area contributed by atoms with Crippen molar-refractivity contribution in [1.29, 1.82) is 0 Å². The molecule has 5 heteroatoms. The Bertz CT molecular complexity index is 963. The number of carbonyl (C=O) groups excluding carboxylic acids is 1. The molecule has 154 valence electrons. The molecule has 5 nitrogen and oxygen atoms in total. The number of benzene rings is 1. The molecule has 2 aliphatic rings. The molecule has 0 bridgehead atoms. The van der Waals surface area contributed by atoms with Crippen LogP contribution >= 0.6 is 0 Å². The lowest BCUT2D eigenvalue weighted by Gasteiger charge is -2.31. The van der Waals surface area contributed by atoms with E-state index in [1.54, 1.807) is 13.8 Å². The molecule has 1 fully saturated rings. The predicted molar refractivity (Wildman–Crippen MR) is 109 cm³/mol. The van der Waals surface area contributed by atoms with E-state index in [9.17, 15) is 19.8 Å². The quantitative estimate of drug-likeness (QED) is 0.794. The van der Waals surface area contributed by atoms with Gasteiger partial charge in [-0.15, -0.1) is 0 Å². The van der Waals surface area contributed by atoms with E-state index in [-0.39, 0.29) is 40.3 Å². The smallest absolute Gasteiger partial charge is 0.343 e. The minimum Gasteiger partial charge on any atom is -0.506 e. The van der Waals surface area contributed by atoms with Gasteiger partial charge in [0.15, 0.2) is 5.78 Å². The van der Waals surface area contributed by atoms with Gasteiger partial charge in [0.1, 0.15) is 11.5 Å². The Kier molecular flexibility index (Phi) is 5.11. The number of Topliss-reactive ketones (excluding diaryl/α,β-unsaturated/α-hetero) is 1. The Balaban J connectivity index is 1.94. The van der Waals surface area contributed by atoms with Crippen molar-refractivity contribution in [3.05, 3.63) is 63.2 Å². The van der Waals surface area contributed by atoms with Crippen molar-refractivity contribution in [3.8, 4) is 5.75 Å². The molecule has 29 heavy (non-hydrogen) atoms. The molecular formula is C24H28O5. The molecule has 0 amide bonds. The molecule has 1 heterocycles. The summed E-state index contributed by atoms with van der Waals surface area (Å²) >= 11 is 0. The van der Waals surface area contributed by atoms with Crippen molar-refractivity contribution in [2.24, 2.45) is 5.92 Å². The average molecular weight is 396 g/mol. The number of aliphatic hydroxyl groups is 1. The lowest BCUT2D eigenvalue weighted by Crippen LogP contribution is -2.32. The molecule has 4 rings (SSSR count). The number of rotatable bonds is 4. The summed E-state index contributed by atoms with van der Waals surface area (Å²) in [5, 5.41) is 21.9. The lowest BCUT2D eigenvalue weighted by atomic mass is 9.78. The van der Waals surface area contributed by atoms with E-state index >= 15 is 0 Å². The van der Waals surface area contributed by atoms with Crippen LogP contribution < -0.4 is 5.63 Å². The highest BCUT2D eigenvalue weighted by molar-refractivity contribution is 6.00. The fourth-order valence-electron chi connectivity index (χ4n) is 4.67. The minimum atomic E-state index is -1.18. The standard InChI is InChI=1S/C24H28O5/c1-24(2,28)16-10-6-7-11-17(25)19-21(26)20(23(27)29-22(16)19)18(15-12-13-15)14-8-4-3-5-9-14/h3-5,8-9,15-16,18,26,28H,6-7,10-13H2,1-2H3. The summed E-state index contributed by atoms with van der Waals surface area (Å²) in [6.45, 7) is 3.30. The third-order valence-corrected chi connectivity index (χ3v) is 6.32. The summed E-state index contributed by atoms with van der Waals surface area (Å²) < 4.78 is 5.74. The zero-order valence-corrected chi connectivity index (χ0v) is 17.0. The molecule has 1 aromatic heterocycles. The Morgan fingerprint density at radius 2 is 1.76 bits per heavy atom. The Hall–Kier alpha value is -2.40. The van der Waals surface area contributed by atoms with Gasteiger partial charge in [0, 0.05) is 18.3 Å². The van der Waals surface area contributed by atoms with Gasteiger partial charge < -0.3 is 14.6 Å². The second-order valence-electron chi connectivity index (χ2n) is 8.99. The van der Waals surface area contributed by atoms with Crippen molar-refractivity contribution in [3.63, 3.8) is 0 Å². The average Bonchev–Trinajstić information content (AvgIpc) is 3.47. The SMILES string of the molecule is CC(C)(O)C1CCCCC(=O)c2c1oc(=O)c(C(c1ccccc1)C1CC1)c2O. The Morgan fingerprint density at radius 3 is 2.38 bits per heavy atom. The largest absolute Gasteiger partial charge is 0.506 e. The molecule has 2 atom stereocenters. The topological polar surface area (TPSA) is 87.7 Å². The van der Waals surface area contributed by atoms with E-state index in [2.05, 4.69) is 0 Å². The van der Waals surface area contributed by atoms with Crippen LogP contribution in [0.4, 0.5) is 0 Å². The molecule has 0 spiro atoms. The maximum Gasteiger partial charge on any atom is 0.343 e. The van der Waals surface area contributed by atoms with Gasteiger partial charge in [-0.25, -0.2) is 4.79 Å². The number of carbonyl (C=O) groups is 1. The van der Waals surface area contributed by atoms with E-state index in [1.165, 1.54) is 0 Å². The van der Waals surface area contributed by atoms with Gasteiger partial charge in [0.25, 0.3) is 0 Å². The maximum atomic E-state index is 13.1. The number of hydrogen-bond donors (Lipinski definition) is 2. The molecule has 2 aromatic rings. The van der Waals surface area contributed by atoms with Crippen LogP contribution in [-0.4, -0.2) is 21.6 Å². The van der Waals surface area contributed by atoms with Crippen LogP contribution in [0.25, 0.3) is 0 Å². The number of fused-ring (bicyclic) bond motifs is 1. The van der Waals surface area contributed by atoms with Gasteiger partial charge in [-0.3, -0.25) is 4.79 Å². The minimum absolute atomic E-state index is 0.0907. The first kappa shape index (κ1) is 19.9. The predicted octanol–water partition coefficient (Wildman–Crippen LogP) is 4.50. The number of hydrogen-bond acceptors (Lipinski definition) is 5. The highest BCUT2D eigenvalue weighted by Gasteiger charge is 2.42. The summed E-state index contributed by atoms with van der Waals surface area (Å²) in [7, 11) is 0. The first-order chi connectivity index (χ1) is 13.8. The van der Waals surface area contributed by atoms with E-state index in [4.69, 9.17) is 4.42 Å². The first-order valence-electron chi connectivity index (χ1n) is 10.5. The monoisotopic (exact) mass is 396 g/mol. The second kappa shape index (κ2) is 7.45. The maximum absolute atomic E-state index is 13.1. The molecule has 2 unspecified atom stereocenters. The van der Waals surface area contributed by atoms with Crippen LogP contribution in [0.5, 0.6) is 5.75 Å². The van der Waals surface area contributed by atoms with Crippen LogP contribution in [0.3, 0.4) is 0 Å². The lowest BCUT2D eigenvalue weighted by molar-refractivity contribution is 0.0353. The van der Waals surface area contributed by atoms with E-state index in [0.29, 0.717) is 19.3 Å². The van der Waals surface area contributed by atoms with Crippen LogP contribution in [0, 0.1) is 5.92 Å². The number of ketones is 1. The molecule has 0 radical (unpaired) electrons. The molecule has 1 saturated carbocycles. The van der Waals surface area contributed by atoms with Crippen molar-refractivity contribution in [2.75, 3.05) is 0 Å². The second-order valence-corrected chi connectivity index (χ2v) is 8.99. The van der Waals surface area contributed by atoms with Crippen LogP contribution in [0.2, 0.25) is 0 Å². The van der Waals surface area contributed by atoms with Crippen molar-refractivity contribution < 1.29 is 19.4 Å². The Labute approximate surface area is 170 Å². The molecule has 2 aliphatic carbocycles. The zero-order valence-electron chi connectivity index (χ0n) is 17.0. The van der Waals surface area contributed by atoms with Crippen molar-refractivity contribution in [1.82, 2.24) is 0 Å². The highest BCUT2D eigenvalue weighted by atomic mass is 16.4. The first-order valence-corrected chi connectivity index (χ1v) is 10.5. The summed E-state index contributed by atoms with van der Waals surface area (Å²) in [5.41, 5.74) is -0.570. The van der Waals surface area contributed by atoms with Gasteiger partial charge in [-0.1, -0.05) is 36.8 Å². The van der Waals surface area contributed by atoms with Gasteiger partial charge in [-0.05, 0) is 51.0 Å². The summed E-state index contributed by atoms with van der Waals surface area (Å²) in [6, 6.07) is 9.62. The summed E-state index contributed by atoms with van der Waals surface area (Å²) in [5.74, 6) is -0.909. The fourth-order valence-corrected chi connectivity index (χ4v) is 4.67. The Morgan fingerprint density at radius 1 is 1.07 bits per heavy atom. The number of aromatic hydroxyl groups is 1. The highest BCUT2D eigenvalue weighted by Crippen LogP contribution is 2.49. The molecule has 1 aromatic carbocycles. The van der Waals surface area contributed by atoms with Crippen molar-refractivity contribution in [2.45, 2.75) is 69.8 Å². The molecular weight excluding hydrogens is 368 g/mol. The van der Waals surface area contributed by atoms with Crippen LogP contribution in [-0.2, 0) is 0 Å². The van der Waals surface area contributed by atoms with Gasteiger partial charge in [-0.2, -0.15) is 0 Å². The normalized spacial score (nSPS) is 21.2. The molecule has 2 N–H and O–H groups in total. The summed E-state index contributed by atoms with van der Waals surface area (Å²) in [4.78, 5) is 26.1. The third-order valence-electron chi connectivity index (χ3n) is 6.32. The van der Waals surface area contributed by atoms with E-state index in [0.717, 1.165) is 24.8 Å². The van der Waals surface area contributed by atoms with E-state index in [1.807, 2.05) is 30.3 Å². The third kappa shape index (κ3) is 3.76. The van der Waals surface area contributed by atoms with Gasteiger partial charge in [0.2, 0.25) is 0 Å². The van der Waals surface area contributed by atoms with Crippen LogP contribution in [0.1, 0.15) is 91.5 Å². The molecule has 0 aliphatic heterocycles. The van der Waals surface area contributed by atoms with Gasteiger partial charge >= 0.3 is 5.63 Å². The summed E-state index contributed by atoms with van der Waals surface area (Å²) in [6.07, 6.45) is 4.26.